The molecule has 1 aromatic heterocycles. The summed E-state index contributed by atoms with van der Waals surface area (Å²) in [6.45, 7) is -1.28. The zero-order valence-electron chi connectivity index (χ0n) is 9.69. The number of nitrogens with two attached hydrogens (primary N) is 1. The van der Waals surface area contributed by atoms with Gasteiger partial charge < -0.3 is 15.7 Å². The molecule has 0 bridgehead atoms. The minimum absolute atomic E-state index is 0.0307. The van der Waals surface area contributed by atoms with Gasteiger partial charge in [0.15, 0.2) is 5.13 Å². The molecule has 0 radical (unpaired) electrons. The summed E-state index contributed by atoms with van der Waals surface area (Å²) < 4.78 is 36.9. The number of aromatic nitrogens is 1. The van der Waals surface area contributed by atoms with Gasteiger partial charge >= 0.3 is 12.1 Å². The topological polar surface area (TPSA) is 96.5 Å². The van der Waals surface area contributed by atoms with Crippen molar-refractivity contribution in [3.8, 4) is 0 Å². The highest BCUT2D eigenvalue weighted by molar-refractivity contribution is 7.17. The van der Waals surface area contributed by atoms with Crippen molar-refractivity contribution in [1.29, 1.82) is 0 Å². The monoisotopic (exact) mass is 297 g/mol. The molecule has 0 unspecified atom stereocenters. The molecule has 0 saturated heterocycles. The number of aryl methyl sites for hydroxylation is 1. The van der Waals surface area contributed by atoms with Crippen LogP contribution in [0.3, 0.4) is 0 Å². The van der Waals surface area contributed by atoms with E-state index in [9.17, 15) is 22.8 Å². The zero-order chi connectivity index (χ0) is 14.8. The fraction of sp³-hybridized carbons (Fsp3) is 0.444. The fourth-order valence-electron chi connectivity index (χ4n) is 1.34. The molecule has 1 rings (SSSR count). The molecule has 0 aliphatic carbocycles. The number of alkyl halides is 3. The van der Waals surface area contributed by atoms with Crippen molar-refractivity contribution >= 4 is 28.3 Å². The molecule has 0 aliphatic rings. The molecule has 0 saturated carbocycles. The van der Waals surface area contributed by atoms with Gasteiger partial charge in [-0.25, -0.2) is 4.98 Å². The molecule has 0 fully saturated rings. The van der Waals surface area contributed by atoms with Crippen molar-refractivity contribution in [3.05, 3.63) is 10.6 Å². The second-order valence-electron chi connectivity index (χ2n) is 3.64. The van der Waals surface area contributed by atoms with Gasteiger partial charge in [-0.2, -0.15) is 13.2 Å². The number of carbonyl (C=O) groups is 2. The number of carboxylic acid groups (broad SMARTS) is 1. The molecule has 1 heterocycles. The second kappa shape index (κ2) is 5.43. The molecular formula is C9H10F3N3O3S. The van der Waals surface area contributed by atoms with Crippen molar-refractivity contribution in [2.75, 3.05) is 18.8 Å². The summed E-state index contributed by atoms with van der Waals surface area (Å²) in [6, 6.07) is 0. The van der Waals surface area contributed by atoms with Gasteiger partial charge in [-0.05, 0) is 6.92 Å². The van der Waals surface area contributed by atoms with Gasteiger partial charge in [0, 0.05) is 0 Å². The third kappa shape index (κ3) is 4.39. The van der Waals surface area contributed by atoms with E-state index in [1.807, 2.05) is 0 Å². The quantitative estimate of drug-likeness (QED) is 0.868. The first kappa shape index (κ1) is 15.2. The van der Waals surface area contributed by atoms with E-state index in [1.54, 1.807) is 0 Å². The first-order valence-corrected chi connectivity index (χ1v) is 5.72. The number of thiazole rings is 1. The number of hydrogen-bond donors (Lipinski definition) is 2. The Balaban J connectivity index is 3.00. The molecule has 106 valence electrons. The summed E-state index contributed by atoms with van der Waals surface area (Å²) in [7, 11) is 0. The van der Waals surface area contributed by atoms with Gasteiger partial charge in [0.2, 0.25) is 0 Å². The van der Waals surface area contributed by atoms with Crippen LogP contribution in [0.4, 0.5) is 18.3 Å². The van der Waals surface area contributed by atoms with Crippen LogP contribution in [0.1, 0.15) is 15.4 Å². The lowest BCUT2D eigenvalue weighted by Gasteiger charge is -2.21. The van der Waals surface area contributed by atoms with Crippen LogP contribution < -0.4 is 5.73 Å². The van der Waals surface area contributed by atoms with Gasteiger partial charge in [-0.15, -0.1) is 0 Å². The lowest BCUT2D eigenvalue weighted by Crippen LogP contribution is -2.42. The highest BCUT2D eigenvalue weighted by Crippen LogP contribution is 2.24. The number of anilines is 1. The van der Waals surface area contributed by atoms with Gasteiger partial charge in [-0.1, -0.05) is 11.3 Å². The summed E-state index contributed by atoms with van der Waals surface area (Å²) in [5, 5.41) is 8.58. The maximum Gasteiger partial charge on any atom is 0.406 e. The SMILES string of the molecule is Cc1nc(N)sc1C(=O)N(CC(=O)O)CC(F)(F)F. The van der Waals surface area contributed by atoms with Crippen molar-refractivity contribution in [2.45, 2.75) is 13.1 Å². The first-order valence-electron chi connectivity index (χ1n) is 4.91. The van der Waals surface area contributed by atoms with Crippen molar-refractivity contribution in [3.63, 3.8) is 0 Å². The van der Waals surface area contributed by atoms with Crippen LogP contribution in [-0.4, -0.2) is 46.1 Å². The number of nitrogen functional groups attached to an aromatic ring is 1. The minimum atomic E-state index is -4.69. The fourth-order valence-corrected chi connectivity index (χ4v) is 2.14. The molecule has 0 atom stereocenters. The van der Waals surface area contributed by atoms with Crippen LogP contribution in [0.2, 0.25) is 0 Å². The number of carbonyl (C=O) groups excluding carboxylic acids is 1. The largest absolute Gasteiger partial charge is 0.480 e. The summed E-state index contributed by atoms with van der Waals surface area (Å²) in [5.74, 6) is -2.58. The molecule has 1 aromatic rings. The van der Waals surface area contributed by atoms with E-state index in [0.29, 0.717) is 0 Å². The Morgan fingerprint density at radius 1 is 1.47 bits per heavy atom. The van der Waals surface area contributed by atoms with Crippen molar-refractivity contribution < 1.29 is 27.9 Å². The highest BCUT2D eigenvalue weighted by atomic mass is 32.1. The molecule has 0 spiro atoms. The normalized spacial score (nSPS) is 11.4. The maximum absolute atomic E-state index is 12.3. The average molecular weight is 297 g/mol. The number of aliphatic carboxylic acids is 1. The third-order valence-electron chi connectivity index (χ3n) is 1.99. The van der Waals surface area contributed by atoms with E-state index in [4.69, 9.17) is 10.8 Å². The first-order chi connectivity index (χ1) is 8.60. The summed E-state index contributed by atoms with van der Waals surface area (Å²) in [6.07, 6.45) is -4.69. The third-order valence-corrected chi connectivity index (χ3v) is 2.97. The van der Waals surface area contributed by atoms with E-state index >= 15 is 0 Å². The molecule has 1 amide bonds. The summed E-state index contributed by atoms with van der Waals surface area (Å²) in [5.41, 5.74) is 5.52. The Morgan fingerprint density at radius 3 is 2.42 bits per heavy atom. The predicted octanol–water partition coefficient (Wildman–Crippen LogP) is 1.12. The predicted molar refractivity (Wildman–Crippen MR) is 60.9 cm³/mol. The number of nitrogens with zero attached hydrogens (tertiary/aromatic N) is 2. The van der Waals surface area contributed by atoms with Crippen LogP contribution in [0, 0.1) is 6.92 Å². The molecular weight excluding hydrogens is 287 g/mol. The van der Waals surface area contributed by atoms with E-state index < -0.39 is 31.1 Å². The number of amides is 1. The Kier molecular flexibility index (Phi) is 4.35. The van der Waals surface area contributed by atoms with E-state index in [-0.39, 0.29) is 20.6 Å². The number of carboxylic acids is 1. The molecule has 6 nitrogen and oxygen atoms in total. The van der Waals surface area contributed by atoms with Gasteiger partial charge in [0.05, 0.1) is 5.69 Å². The van der Waals surface area contributed by atoms with E-state index in [0.717, 1.165) is 11.3 Å². The molecule has 10 heteroatoms. The van der Waals surface area contributed by atoms with Gasteiger partial charge in [0.25, 0.3) is 5.91 Å². The number of hydrogen-bond acceptors (Lipinski definition) is 5. The lowest BCUT2D eigenvalue weighted by atomic mass is 10.3. The van der Waals surface area contributed by atoms with Crippen LogP contribution in [0.15, 0.2) is 0 Å². The Morgan fingerprint density at radius 2 is 2.05 bits per heavy atom. The van der Waals surface area contributed by atoms with Crippen LogP contribution >= 0.6 is 11.3 Å². The summed E-state index contributed by atoms with van der Waals surface area (Å²) >= 11 is 0.719. The van der Waals surface area contributed by atoms with Crippen LogP contribution in [0.5, 0.6) is 0 Å². The smallest absolute Gasteiger partial charge is 0.406 e. The number of halogens is 3. The molecule has 19 heavy (non-hydrogen) atoms. The maximum atomic E-state index is 12.3. The molecule has 0 aliphatic heterocycles. The zero-order valence-corrected chi connectivity index (χ0v) is 10.5. The molecule has 3 N–H and O–H groups in total. The molecule has 0 aromatic carbocycles. The lowest BCUT2D eigenvalue weighted by molar-refractivity contribution is -0.149. The minimum Gasteiger partial charge on any atom is -0.480 e. The van der Waals surface area contributed by atoms with E-state index in [1.165, 1.54) is 6.92 Å². The van der Waals surface area contributed by atoms with Crippen LogP contribution in [0.25, 0.3) is 0 Å². The van der Waals surface area contributed by atoms with Crippen molar-refractivity contribution in [2.24, 2.45) is 0 Å². The number of rotatable bonds is 4. The Bertz CT molecular complexity index is 501. The second-order valence-corrected chi connectivity index (χ2v) is 4.67. The average Bonchev–Trinajstić information content (AvgIpc) is 2.53. The van der Waals surface area contributed by atoms with Crippen LogP contribution in [-0.2, 0) is 4.79 Å². The highest BCUT2D eigenvalue weighted by Gasteiger charge is 2.35. The Hall–Kier alpha value is -1.84. The van der Waals surface area contributed by atoms with Gasteiger partial charge in [0.1, 0.15) is 18.0 Å². The Labute approximate surface area is 109 Å². The standard InChI is InChI=1S/C9H10F3N3O3S/c1-4-6(19-8(13)14-4)7(18)15(2-5(16)17)3-9(10,11)12/h2-3H2,1H3,(H2,13,14)(H,16,17). The van der Waals surface area contributed by atoms with Gasteiger partial charge in [-0.3, -0.25) is 9.59 Å². The van der Waals surface area contributed by atoms with E-state index in [2.05, 4.69) is 4.98 Å². The van der Waals surface area contributed by atoms with Crippen molar-refractivity contribution in [1.82, 2.24) is 9.88 Å². The summed E-state index contributed by atoms with van der Waals surface area (Å²) in [4.78, 5) is 26.2.